The van der Waals surface area contributed by atoms with Gasteiger partial charge in [-0.3, -0.25) is 13.9 Å². The molecule has 242 valence electrons. The Kier molecular flexibility index (Phi) is 11.8. The number of ether oxygens (including phenoxy) is 2. The van der Waals surface area contributed by atoms with Gasteiger partial charge < -0.3 is 19.7 Å². The van der Waals surface area contributed by atoms with Crippen LogP contribution in [-0.4, -0.2) is 51.4 Å². The monoisotopic (exact) mass is 643 g/mol. The van der Waals surface area contributed by atoms with Gasteiger partial charge in [0.05, 0.1) is 17.7 Å². The lowest BCUT2D eigenvalue weighted by Gasteiger charge is -2.33. The average molecular weight is 644 g/mol. The molecule has 0 aliphatic rings. The molecule has 4 rings (SSSR count). The van der Waals surface area contributed by atoms with Gasteiger partial charge >= 0.3 is 0 Å². The Hall–Kier alpha value is -4.83. The van der Waals surface area contributed by atoms with Crippen LogP contribution in [0.1, 0.15) is 32.8 Å². The Morgan fingerprint density at radius 3 is 1.91 bits per heavy atom. The van der Waals surface area contributed by atoms with Gasteiger partial charge in [-0.05, 0) is 78.6 Å². The number of nitrogens with one attached hydrogen (secondary N) is 1. The molecule has 0 fully saturated rings. The van der Waals surface area contributed by atoms with Crippen LogP contribution in [0.15, 0.2) is 114 Å². The SMILES string of the molecule is CCC(C(=O)NCC(C)C)N(Cc1ccc(OC)cc1)C(=O)CN(c1ccc(Oc2ccccc2)cc1)S(=O)(=O)c1ccccc1. The number of hydrogen-bond acceptors (Lipinski definition) is 6. The second-order valence-electron chi connectivity index (χ2n) is 11.2. The Labute approximate surface area is 271 Å². The molecule has 46 heavy (non-hydrogen) atoms. The molecule has 0 aliphatic carbocycles. The molecule has 0 spiro atoms. The van der Waals surface area contributed by atoms with Crippen molar-refractivity contribution in [2.45, 2.75) is 44.7 Å². The summed E-state index contributed by atoms with van der Waals surface area (Å²) in [5.41, 5.74) is 1.04. The number of carbonyl (C=O) groups excluding carboxylic acids is 2. The number of methoxy groups -OCH3 is 1. The number of carbonyl (C=O) groups is 2. The molecule has 2 amide bonds. The molecule has 0 radical (unpaired) electrons. The first-order chi connectivity index (χ1) is 22.1. The van der Waals surface area contributed by atoms with E-state index >= 15 is 0 Å². The van der Waals surface area contributed by atoms with E-state index in [1.165, 1.54) is 17.0 Å². The summed E-state index contributed by atoms with van der Waals surface area (Å²) in [7, 11) is -2.61. The fourth-order valence-corrected chi connectivity index (χ4v) is 6.26. The third-order valence-corrected chi connectivity index (χ3v) is 9.08. The third kappa shape index (κ3) is 8.88. The van der Waals surface area contributed by atoms with E-state index < -0.39 is 28.5 Å². The molecule has 0 heterocycles. The first-order valence-electron chi connectivity index (χ1n) is 15.2. The van der Waals surface area contributed by atoms with Gasteiger partial charge in [0.25, 0.3) is 10.0 Å². The summed E-state index contributed by atoms with van der Waals surface area (Å²) in [5.74, 6) is 1.20. The second-order valence-corrected chi connectivity index (χ2v) is 13.0. The van der Waals surface area contributed by atoms with Crippen LogP contribution in [0.25, 0.3) is 0 Å². The number of rotatable bonds is 15. The predicted octanol–water partition coefficient (Wildman–Crippen LogP) is 6.26. The summed E-state index contributed by atoms with van der Waals surface area (Å²) >= 11 is 0. The summed E-state index contributed by atoms with van der Waals surface area (Å²) in [6.45, 7) is 5.83. The van der Waals surface area contributed by atoms with Crippen LogP contribution in [0.2, 0.25) is 0 Å². The van der Waals surface area contributed by atoms with Gasteiger partial charge in [0.15, 0.2) is 0 Å². The zero-order valence-corrected chi connectivity index (χ0v) is 27.4. The molecule has 0 aliphatic heterocycles. The molecule has 0 bridgehead atoms. The van der Waals surface area contributed by atoms with Crippen molar-refractivity contribution < 1.29 is 27.5 Å². The minimum absolute atomic E-state index is 0.0378. The number of nitrogens with zero attached hydrogens (tertiary/aromatic N) is 2. The van der Waals surface area contributed by atoms with Crippen molar-refractivity contribution in [2.75, 3.05) is 24.5 Å². The maximum Gasteiger partial charge on any atom is 0.264 e. The van der Waals surface area contributed by atoms with Gasteiger partial charge in [-0.1, -0.05) is 69.3 Å². The Morgan fingerprint density at radius 1 is 0.783 bits per heavy atom. The highest BCUT2D eigenvalue weighted by Crippen LogP contribution is 2.29. The molecule has 4 aromatic carbocycles. The van der Waals surface area contributed by atoms with Crippen LogP contribution >= 0.6 is 0 Å². The molecule has 9 nitrogen and oxygen atoms in total. The van der Waals surface area contributed by atoms with Crippen molar-refractivity contribution in [3.05, 3.63) is 115 Å². The zero-order chi connectivity index (χ0) is 33.1. The molecule has 1 N–H and O–H groups in total. The van der Waals surface area contributed by atoms with E-state index in [1.54, 1.807) is 61.7 Å². The third-order valence-electron chi connectivity index (χ3n) is 7.30. The van der Waals surface area contributed by atoms with E-state index in [-0.39, 0.29) is 29.0 Å². The van der Waals surface area contributed by atoms with Crippen molar-refractivity contribution in [2.24, 2.45) is 5.92 Å². The van der Waals surface area contributed by atoms with Crippen molar-refractivity contribution in [3.63, 3.8) is 0 Å². The number of sulfonamides is 1. The summed E-state index contributed by atoms with van der Waals surface area (Å²) < 4.78 is 40.4. The number of benzene rings is 4. The maximum atomic E-state index is 14.3. The number of para-hydroxylation sites is 1. The van der Waals surface area contributed by atoms with Gasteiger partial charge in [-0.25, -0.2) is 8.42 Å². The Balaban J connectivity index is 1.70. The standard InChI is InChI=1S/C36H41N3O6S/c1-5-34(36(41)37-24-27(2)3)38(25-28-16-20-30(44-4)21-17-28)35(40)26-39(46(42,43)33-14-10-7-11-15-33)29-18-22-32(23-19-29)45-31-12-8-6-9-13-31/h6-23,27,34H,5,24-26H2,1-4H3,(H,37,41). The zero-order valence-electron chi connectivity index (χ0n) is 26.6. The summed E-state index contributed by atoms with van der Waals surface area (Å²) in [6, 6.07) is 30.1. The van der Waals surface area contributed by atoms with Crippen molar-refractivity contribution in [1.29, 1.82) is 0 Å². The van der Waals surface area contributed by atoms with Gasteiger partial charge in [-0.15, -0.1) is 0 Å². The van der Waals surface area contributed by atoms with Crippen LogP contribution in [0.5, 0.6) is 17.2 Å². The minimum atomic E-state index is -4.18. The van der Waals surface area contributed by atoms with Crippen LogP contribution in [0.3, 0.4) is 0 Å². The highest BCUT2D eigenvalue weighted by Gasteiger charge is 2.33. The lowest BCUT2D eigenvalue weighted by molar-refractivity contribution is -0.140. The number of hydrogen-bond donors (Lipinski definition) is 1. The highest BCUT2D eigenvalue weighted by atomic mass is 32.2. The van der Waals surface area contributed by atoms with Crippen LogP contribution in [0, 0.1) is 5.92 Å². The smallest absolute Gasteiger partial charge is 0.264 e. The lowest BCUT2D eigenvalue weighted by atomic mass is 10.1. The quantitative estimate of drug-likeness (QED) is 0.164. The summed E-state index contributed by atoms with van der Waals surface area (Å²) in [6.07, 6.45) is 0.336. The molecule has 10 heteroatoms. The molecule has 0 saturated heterocycles. The molecular weight excluding hydrogens is 602 g/mol. The van der Waals surface area contributed by atoms with E-state index in [0.717, 1.165) is 9.87 Å². The lowest BCUT2D eigenvalue weighted by Crippen LogP contribution is -2.52. The molecule has 1 atom stereocenters. The summed E-state index contributed by atoms with van der Waals surface area (Å²) in [5, 5.41) is 2.94. The molecular formula is C36H41N3O6S. The Morgan fingerprint density at radius 2 is 1.35 bits per heavy atom. The van der Waals surface area contributed by atoms with Crippen molar-refractivity contribution in [3.8, 4) is 17.2 Å². The second kappa shape index (κ2) is 15.9. The summed E-state index contributed by atoms with van der Waals surface area (Å²) in [4.78, 5) is 29.2. The molecule has 1 unspecified atom stereocenters. The van der Waals surface area contributed by atoms with E-state index in [2.05, 4.69) is 5.32 Å². The number of anilines is 1. The van der Waals surface area contributed by atoms with Crippen LogP contribution in [-0.2, 0) is 26.2 Å². The Bertz CT molecular complexity index is 1660. The van der Waals surface area contributed by atoms with E-state index in [9.17, 15) is 18.0 Å². The first-order valence-corrected chi connectivity index (χ1v) is 16.7. The van der Waals surface area contributed by atoms with Gasteiger partial charge in [0.1, 0.15) is 29.8 Å². The highest BCUT2D eigenvalue weighted by molar-refractivity contribution is 7.92. The van der Waals surface area contributed by atoms with Gasteiger partial charge in [0, 0.05) is 13.1 Å². The van der Waals surface area contributed by atoms with Gasteiger partial charge in [-0.2, -0.15) is 0 Å². The predicted molar refractivity (Wildman–Crippen MR) is 179 cm³/mol. The minimum Gasteiger partial charge on any atom is -0.497 e. The topological polar surface area (TPSA) is 105 Å². The fraction of sp³-hybridized carbons (Fsp3) is 0.278. The largest absolute Gasteiger partial charge is 0.497 e. The number of amides is 2. The van der Waals surface area contributed by atoms with E-state index in [1.807, 2.05) is 63.2 Å². The first kappa shape index (κ1) is 34.1. The van der Waals surface area contributed by atoms with Crippen molar-refractivity contribution >= 4 is 27.5 Å². The molecule has 4 aromatic rings. The van der Waals surface area contributed by atoms with E-state index in [4.69, 9.17) is 9.47 Å². The molecule has 0 aromatic heterocycles. The fourth-order valence-electron chi connectivity index (χ4n) is 4.82. The van der Waals surface area contributed by atoms with Crippen LogP contribution < -0.4 is 19.1 Å². The maximum absolute atomic E-state index is 14.3. The molecule has 0 saturated carbocycles. The van der Waals surface area contributed by atoms with Crippen LogP contribution in [0.4, 0.5) is 5.69 Å². The van der Waals surface area contributed by atoms with E-state index in [0.29, 0.717) is 30.2 Å². The van der Waals surface area contributed by atoms with Crippen molar-refractivity contribution in [1.82, 2.24) is 10.2 Å². The normalized spacial score (nSPS) is 11.8. The van der Waals surface area contributed by atoms with Gasteiger partial charge in [0.2, 0.25) is 11.8 Å². The average Bonchev–Trinajstić information content (AvgIpc) is 3.07.